The van der Waals surface area contributed by atoms with Gasteiger partial charge in [-0.25, -0.2) is 0 Å². The largest absolute Gasteiger partial charge is 0.386 e. The maximum atomic E-state index is 10.1. The first-order chi connectivity index (χ1) is 9.29. The highest BCUT2D eigenvalue weighted by Crippen LogP contribution is 2.24. The molecule has 3 heteroatoms. The molecule has 0 heterocycles. The summed E-state index contributed by atoms with van der Waals surface area (Å²) in [5.74, 6) is 0.695. The van der Waals surface area contributed by atoms with Gasteiger partial charge in [-0.3, -0.25) is 0 Å². The number of rotatable bonds is 6. The van der Waals surface area contributed by atoms with E-state index in [1.807, 2.05) is 24.3 Å². The van der Waals surface area contributed by atoms with Crippen LogP contribution in [0.4, 0.5) is 0 Å². The van der Waals surface area contributed by atoms with Crippen molar-refractivity contribution in [3.05, 3.63) is 35.4 Å². The van der Waals surface area contributed by atoms with Crippen LogP contribution in [0, 0.1) is 5.92 Å². The first kappa shape index (κ1) is 14.5. The average molecular weight is 263 g/mol. The summed E-state index contributed by atoms with van der Waals surface area (Å²) in [5.41, 5.74) is 7.54. The van der Waals surface area contributed by atoms with Gasteiger partial charge in [-0.1, -0.05) is 43.5 Å². The number of nitrogens with two attached hydrogens (primary N) is 1. The molecule has 1 aromatic carbocycles. The summed E-state index contributed by atoms with van der Waals surface area (Å²) < 4.78 is 5.67. The predicted molar refractivity (Wildman–Crippen MR) is 76.7 cm³/mol. The van der Waals surface area contributed by atoms with E-state index >= 15 is 0 Å². The molecule has 3 N–H and O–H groups in total. The zero-order valence-electron chi connectivity index (χ0n) is 11.6. The first-order valence-corrected chi connectivity index (χ1v) is 7.34. The Bertz CT molecular complexity index is 358. The fourth-order valence-electron chi connectivity index (χ4n) is 2.67. The molecule has 1 unspecified atom stereocenters. The molecule has 0 spiro atoms. The van der Waals surface area contributed by atoms with Crippen LogP contribution in [0.2, 0.25) is 0 Å². The molecular formula is C16H25NO2. The Hall–Kier alpha value is -0.900. The molecule has 106 valence electrons. The van der Waals surface area contributed by atoms with E-state index in [4.69, 9.17) is 10.5 Å². The van der Waals surface area contributed by atoms with E-state index < -0.39 is 6.10 Å². The van der Waals surface area contributed by atoms with E-state index in [2.05, 4.69) is 0 Å². The maximum Gasteiger partial charge on any atom is 0.102 e. The second-order valence-corrected chi connectivity index (χ2v) is 5.50. The van der Waals surface area contributed by atoms with Crippen molar-refractivity contribution in [2.75, 3.05) is 13.2 Å². The molecule has 0 bridgehead atoms. The molecule has 0 radical (unpaired) electrons. The predicted octanol–water partition coefficient (Wildman–Crippen LogP) is 2.78. The SMILES string of the molecule is NCc1ccc(C(O)COCC2CCCCC2)cc1. The molecule has 3 nitrogen and oxygen atoms in total. The molecule has 0 amide bonds. The molecule has 1 atom stereocenters. The Balaban J connectivity index is 1.72. The van der Waals surface area contributed by atoms with Gasteiger partial charge in [0, 0.05) is 13.2 Å². The molecule has 19 heavy (non-hydrogen) atoms. The van der Waals surface area contributed by atoms with Crippen LogP contribution in [-0.4, -0.2) is 18.3 Å². The van der Waals surface area contributed by atoms with Crippen LogP contribution in [0.15, 0.2) is 24.3 Å². The summed E-state index contributed by atoms with van der Waals surface area (Å²) in [5, 5.41) is 10.1. The molecule has 1 saturated carbocycles. The molecule has 0 aliphatic heterocycles. The molecule has 2 rings (SSSR count). The van der Waals surface area contributed by atoms with Crippen molar-refractivity contribution in [2.45, 2.75) is 44.8 Å². The van der Waals surface area contributed by atoms with E-state index in [1.54, 1.807) is 0 Å². The molecule has 0 saturated heterocycles. The normalized spacial score (nSPS) is 18.4. The lowest BCUT2D eigenvalue weighted by atomic mass is 9.90. The van der Waals surface area contributed by atoms with Crippen molar-refractivity contribution in [1.29, 1.82) is 0 Å². The van der Waals surface area contributed by atoms with Crippen molar-refractivity contribution < 1.29 is 9.84 Å². The van der Waals surface area contributed by atoms with Gasteiger partial charge in [0.05, 0.1) is 6.61 Å². The summed E-state index contributed by atoms with van der Waals surface area (Å²) in [7, 11) is 0. The molecular weight excluding hydrogens is 238 g/mol. The van der Waals surface area contributed by atoms with Gasteiger partial charge >= 0.3 is 0 Å². The van der Waals surface area contributed by atoms with Gasteiger partial charge in [0.15, 0.2) is 0 Å². The topological polar surface area (TPSA) is 55.5 Å². The number of hydrogen-bond donors (Lipinski definition) is 2. The highest BCUT2D eigenvalue weighted by Gasteiger charge is 2.14. The fourth-order valence-corrected chi connectivity index (χ4v) is 2.67. The lowest BCUT2D eigenvalue weighted by Gasteiger charge is -2.22. The van der Waals surface area contributed by atoms with Gasteiger partial charge in [-0.15, -0.1) is 0 Å². The van der Waals surface area contributed by atoms with Crippen molar-refractivity contribution in [3.63, 3.8) is 0 Å². The van der Waals surface area contributed by atoms with Crippen molar-refractivity contribution in [3.8, 4) is 0 Å². The highest BCUT2D eigenvalue weighted by molar-refractivity contribution is 5.23. The first-order valence-electron chi connectivity index (χ1n) is 7.34. The summed E-state index contributed by atoms with van der Waals surface area (Å²) in [6.07, 6.45) is 6.05. The number of hydrogen-bond acceptors (Lipinski definition) is 3. The Morgan fingerprint density at radius 2 is 1.84 bits per heavy atom. The van der Waals surface area contributed by atoms with Crippen LogP contribution in [-0.2, 0) is 11.3 Å². The average Bonchev–Trinajstić information content (AvgIpc) is 2.48. The number of aliphatic hydroxyl groups excluding tert-OH is 1. The Labute approximate surface area is 115 Å². The van der Waals surface area contributed by atoms with Crippen molar-refractivity contribution in [2.24, 2.45) is 11.7 Å². The van der Waals surface area contributed by atoms with E-state index in [1.165, 1.54) is 32.1 Å². The monoisotopic (exact) mass is 263 g/mol. The van der Waals surface area contributed by atoms with E-state index in [0.717, 1.165) is 17.7 Å². The van der Waals surface area contributed by atoms with Crippen LogP contribution >= 0.6 is 0 Å². The molecule has 1 aliphatic rings. The van der Waals surface area contributed by atoms with Gasteiger partial charge in [0.2, 0.25) is 0 Å². The maximum absolute atomic E-state index is 10.1. The second-order valence-electron chi connectivity index (χ2n) is 5.50. The summed E-state index contributed by atoms with van der Waals surface area (Å²) in [6.45, 7) is 1.71. The number of benzene rings is 1. The zero-order valence-corrected chi connectivity index (χ0v) is 11.6. The van der Waals surface area contributed by atoms with E-state index in [9.17, 15) is 5.11 Å². The van der Waals surface area contributed by atoms with Crippen LogP contribution in [0.5, 0.6) is 0 Å². The third kappa shape index (κ3) is 4.60. The Kier molecular flexibility index (Phi) is 5.83. The van der Waals surface area contributed by atoms with Crippen LogP contribution < -0.4 is 5.73 Å². The number of ether oxygens (including phenoxy) is 1. The molecule has 1 aromatic rings. The van der Waals surface area contributed by atoms with Crippen LogP contribution in [0.1, 0.15) is 49.3 Å². The molecule has 1 aliphatic carbocycles. The van der Waals surface area contributed by atoms with E-state index in [0.29, 0.717) is 19.1 Å². The van der Waals surface area contributed by atoms with Gasteiger partial charge in [-0.2, -0.15) is 0 Å². The highest BCUT2D eigenvalue weighted by atomic mass is 16.5. The summed E-state index contributed by atoms with van der Waals surface area (Å²) >= 11 is 0. The zero-order chi connectivity index (χ0) is 13.5. The van der Waals surface area contributed by atoms with Gasteiger partial charge < -0.3 is 15.6 Å². The summed E-state index contributed by atoms with van der Waals surface area (Å²) in [4.78, 5) is 0. The molecule has 1 fully saturated rings. The van der Waals surface area contributed by atoms with E-state index in [-0.39, 0.29) is 0 Å². The molecule has 0 aromatic heterocycles. The fraction of sp³-hybridized carbons (Fsp3) is 0.625. The quantitative estimate of drug-likeness (QED) is 0.829. The van der Waals surface area contributed by atoms with Crippen LogP contribution in [0.3, 0.4) is 0 Å². The Morgan fingerprint density at radius 3 is 2.47 bits per heavy atom. The lowest BCUT2D eigenvalue weighted by Crippen LogP contribution is -2.16. The van der Waals surface area contributed by atoms with Gasteiger partial charge in [0.1, 0.15) is 6.10 Å². The van der Waals surface area contributed by atoms with Crippen LogP contribution in [0.25, 0.3) is 0 Å². The number of aliphatic hydroxyl groups is 1. The van der Waals surface area contributed by atoms with Crippen molar-refractivity contribution >= 4 is 0 Å². The lowest BCUT2D eigenvalue weighted by molar-refractivity contribution is 0.0146. The minimum atomic E-state index is -0.532. The Morgan fingerprint density at radius 1 is 1.16 bits per heavy atom. The summed E-state index contributed by atoms with van der Waals surface area (Å²) in [6, 6.07) is 7.77. The van der Waals surface area contributed by atoms with Gasteiger partial charge in [-0.05, 0) is 29.9 Å². The standard InChI is InChI=1S/C16H25NO2/c17-10-13-6-8-15(9-7-13)16(18)12-19-11-14-4-2-1-3-5-14/h6-9,14,16,18H,1-5,10-12,17H2. The second kappa shape index (κ2) is 7.63. The van der Waals surface area contributed by atoms with Crippen molar-refractivity contribution in [1.82, 2.24) is 0 Å². The smallest absolute Gasteiger partial charge is 0.102 e. The minimum absolute atomic E-state index is 0.387. The minimum Gasteiger partial charge on any atom is -0.386 e. The van der Waals surface area contributed by atoms with Gasteiger partial charge in [0.25, 0.3) is 0 Å². The third-order valence-corrected chi connectivity index (χ3v) is 3.95. The third-order valence-electron chi connectivity index (χ3n) is 3.95.